The first-order valence-electron chi connectivity index (χ1n) is 6.11. The maximum absolute atomic E-state index is 11.7. The van der Waals surface area contributed by atoms with E-state index in [4.69, 9.17) is 0 Å². The first-order valence-corrected chi connectivity index (χ1v) is 6.11. The Morgan fingerprint density at radius 1 is 1.35 bits per heavy atom. The molecule has 0 saturated carbocycles. The van der Waals surface area contributed by atoms with Gasteiger partial charge >= 0.3 is 0 Å². The summed E-state index contributed by atoms with van der Waals surface area (Å²) in [5.74, 6) is 1.01. The second-order valence-corrected chi connectivity index (χ2v) is 3.96. The lowest BCUT2D eigenvalue weighted by molar-refractivity contribution is -0.130. The minimum absolute atomic E-state index is 0.189. The summed E-state index contributed by atoms with van der Waals surface area (Å²) in [6, 6.07) is 3.93. The number of carbonyl (C=O) groups excluding carboxylic acids is 1. The van der Waals surface area contributed by atoms with Crippen LogP contribution in [0.2, 0.25) is 0 Å². The molecule has 0 aliphatic carbocycles. The molecule has 0 saturated heterocycles. The van der Waals surface area contributed by atoms with E-state index in [-0.39, 0.29) is 5.91 Å². The number of anilines is 1. The zero-order valence-corrected chi connectivity index (χ0v) is 10.9. The lowest BCUT2D eigenvalue weighted by atomic mass is 10.3. The molecule has 0 aliphatic heterocycles. The Morgan fingerprint density at radius 2 is 2.06 bits per heavy atom. The Bertz CT molecular complexity index is 344. The topological polar surface area (TPSA) is 45.2 Å². The van der Waals surface area contributed by atoms with Crippen molar-refractivity contribution in [1.82, 2.24) is 9.88 Å². The van der Waals surface area contributed by atoms with Gasteiger partial charge in [0.15, 0.2) is 0 Å². The summed E-state index contributed by atoms with van der Waals surface area (Å²) in [5, 5.41) is 3.15. The zero-order chi connectivity index (χ0) is 12.7. The van der Waals surface area contributed by atoms with E-state index in [1.54, 1.807) is 0 Å². The summed E-state index contributed by atoms with van der Waals surface area (Å²) in [6.07, 6.45) is 2.33. The lowest BCUT2D eigenvalue weighted by Crippen LogP contribution is -2.31. The van der Waals surface area contributed by atoms with Crippen LogP contribution < -0.4 is 5.32 Å². The minimum Gasteiger partial charge on any atom is -0.370 e. The van der Waals surface area contributed by atoms with Crippen molar-refractivity contribution >= 4 is 11.7 Å². The predicted molar refractivity (Wildman–Crippen MR) is 70.0 cm³/mol. The average molecular weight is 235 g/mol. The van der Waals surface area contributed by atoms with Gasteiger partial charge in [0.2, 0.25) is 5.91 Å². The standard InChI is InChI=1S/C13H21N3O/c1-4-16(5-2)13(17)8-9-14-12-7-6-11(3)10-15-12/h6-7,10H,4-5,8-9H2,1-3H3,(H,14,15). The Balaban J connectivity index is 2.32. The van der Waals surface area contributed by atoms with Crippen molar-refractivity contribution in [2.45, 2.75) is 27.2 Å². The third-order valence-electron chi connectivity index (χ3n) is 2.67. The SMILES string of the molecule is CCN(CC)C(=O)CCNc1ccc(C)cn1. The first-order chi connectivity index (χ1) is 8.17. The van der Waals surface area contributed by atoms with Crippen molar-refractivity contribution < 1.29 is 4.79 Å². The number of nitrogens with one attached hydrogen (secondary N) is 1. The quantitative estimate of drug-likeness (QED) is 0.821. The Labute approximate surface area is 103 Å². The monoisotopic (exact) mass is 235 g/mol. The Hall–Kier alpha value is -1.58. The van der Waals surface area contributed by atoms with Gasteiger partial charge in [-0.05, 0) is 32.4 Å². The highest BCUT2D eigenvalue weighted by Gasteiger charge is 2.08. The molecule has 1 heterocycles. The van der Waals surface area contributed by atoms with Gasteiger partial charge in [-0.25, -0.2) is 4.98 Å². The van der Waals surface area contributed by atoms with E-state index >= 15 is 0 Å². The number of amides is 1. The van der Waals surface area contributed by atoms with Crippen molar-refractivity contribution in [1.29, 1.82) is 0 Å². The second-order valence-electron chi connectivity index (χ2n) is 3.96. The van der Waals surface area contributed by atoms with Gasteiger partial charge in [-0.2, -0.15) is 0 Å². The molecule has 1 aromatic heterocycles. The first kappa shape index (κ1) is 13.5. The van der Waals surface area contributed by atoms with Crippen molar-refractivity contribution in [3.63, 3.8) is 0 Å². The number of rotatable bonds is 6. The summed E-state index contributed by atoms with van der Waals surface area (Å²) in [4.78, 5) is 17.8. The smallest absolute Gasteiger partial charge is 0.224 e. The van der Waals surface area contributed by atoms with Crippen molar-refractivity contribution in [2.75, 3.05) is 25.0 Å². The number of pyridine rings is 1. The van der Waals surface area contributed by atoms with E-state index in [1.807, 2.05) is 44.0 Å². The molecular weight excluding hydrogens is 214 g/mol. The molecule has 0 bridgehead atoms. The molecule has 0 atom stereocenters. The summed E-state index contributed by atoms with van der Waals surface area (Å²) in [5.41, 5.74) is 1.13. The average Bonchev–Trinajstić information content (AvgIpc) is 2.33. The minimum atomic E-state index is 0.189. The molecule has 4 heteroatoms. The van der Waals surface area contributed by atoms with Crippen molar-refractivity contribution in [3.05, 3.63) is 23.9 Å². The third-order valence-corrected chi connectivity index (χ3v) is 2.67. The molecule has 0 spiro atoms. The number of aromatic nitrogens is 1. The Morgan fingerprint density at radius 3 is 2.59 bits per heavy atom. The highest BCUT2D eigenvalue weighted by Crippen LogP contribution is 2.04. The molecule has 0 fully saturated rings. The van der Waals surface area contributed by atoms with Gasteiger partial charge in [-0.3, -0.25) is 4.79 Å². The van der Waals surface area contributed by atoms with Crippen LogP contribution in [-0.4, -0.2) is 35.4 Å². The van der Waals surface area contributed by atoms with Crippen molar-refractivity contribution in [2.24, 2.45) is 0 Å². The molecule has 4 nitrogen and oxygen atoms in total. The van der Waals surface area contributed by atoms with Crippen LogP contribution in [0.25, 0.3) is 0 Å². The predicted octanol–water partition coefficient (Wildman–Crippen LogP) is 2.06. The van der Waals surface area contributed by atoms with E-state index in [0.29, 0.717) is 13.0 Å². The fourth-order valence-corrected chi connectivity index (χ4v) is 1.60. The van der Waals surface area contributed by atoms with Gasteiger partial charge in [0.05, 0.1) is 0 Å². The van der Waals surface area contributed by atoms with Gasteiger partial charge in [0.1, 0.15) is 5.82 Å². The van der Waals surface area contributed by atoms with Gasteiger partial charge < -0.3 is 10.2 Å². The highest BCUT2D eigenvalue weighted by atomic mass is 16.2. The van der Waals surface area contributed by atoms with E-state index in [1.165, 1.54) is 0 Å². The van der Waals surface area contributed by atoms with Crippen LogP contribution in [0, 0.1) is 6.92 Å². The molecule has 0 radical (unpaired) electrons. The van der Waals surface area contributed by atoms with E-state index in [9.17, 15) is 4.79 Å². The second kappa shape index (κ2) is 6.89. The maximum Gasteiger partial charge on any atom is 0.224 e. The van der Waals surface area contributed by atoms with E-state index < -0.39 is 0 Å². The molecule has 0 unspecified atom stereocenters. The maximum atomic E-state index is 11.7. The summed E-state index contributed by atoms with van der Waals surface area (Å²) < 4.78 is 0. The molecule has 94 valence electrons. The van der Waals surface area contributed by atoms with Crippen LogP contribution in [0.3, 0.4) is 0 Å². The number of carbonyl (C=O) groups is 1. The summed E-state index contributed by atoms with van der Waals surface area (Å²) in [7, 11) is 0. The molecular formula is C13H21N3O. The molecule has 1 amide bonds. The fourth-order valence-electron chi connectivity index (χ4n) is 1.60. The largest absolute Gasteiger partial charge is 0.370 e. The van der Waals surface area contributed by atoms with Gasteiger partial charge in [-0.1, -0.05) is 6.07 Å². The molecule has 1 rings (SSSR count). The van der Waals surface area contributed by atoms with Crippen LogP contribution >= 0.6 is 0 Å². The highest BCUT2D eigenvalue weighted by molar-refractivity contribution is 5.76. The van der Waals surface area contributed by atoms with Gasteiger partial charge in [0.25, 0.3) is 0 Å². The van der Waals surface area contributed by atoms with Crippen LogP contribution in [0.1, 0.15) is 25.8 Å². The lowest BCUT2D eigenvalue weighted by Gasteiger charge is -2.18. The molecule has 0 aromatic carbocycles. The van der Waals surface area contributed by atoms with Gasteiger partial charge in [0, 0.05) is 32.3 Å². The number of hydrogen-bond donors (Lipinski definition) is 1. The van der Waals surface area contributed by atoms with Crippen LogP contribution in [0.4, 0.5) is 5.82 Å². The van der Waals surface area contributed by atoms with E-state index in [0.717, 1.165) is 24.5 Å². The Kier molecular flexibility index (Phi) is 5.46. The zero-order valence-electron chi connectivity index (χ0n) is 10.9. The van der Waals surface area contributed by atoms with Crippen molar-refractivity contribution in [3.8, 4) is 0 Å². The van der Waals surface area contributed by atoms with Crippen LogP contribution in [0.15, 0.2) is 18.3 Å². The third kappa shape index (κ3) is 4.43. The normalized spacial score (nSPS) is 10.1. The number of aryl methyl sites for hydroxylation is 1. The number of hydrogen-bond acceptors (Lipinski definition) is 3. The molecule has 17 heavy (non-hydrogen) atoms. The van der Waals surface area contributed by atoms with Crippen LogP contribution in [0.5, 0.6) is 0 Å². The van der Waals surface area contributed by atoms with Crippen LogP contribution in [-0.2, 0) is 4.79 Å². The van der Waals surface area contributed by atoms with E-state index in [2.05, 4.69) is 10.3 Å². The molecule has 1 N–H and O–H groups in total. The molecule has 0 aliphatic rings. The summed E-state index contributed by atoms with van der Waals surface area (Å²) >= 11 is 0. The fraction of sp³-hybridized carbons (Fsp3) is 0.538. The molecule has 1 aromatic rings. The number of nitrogens with zero attached hydrogens (tertiary/aromatic N) is 2. The summed E-state index contributed by atoms with van der Waals surface area (Å²) in [6.45, 7) is 8.18. The van der Waals surface area contributed by atoms with Gasteiger partial charge in [-0.15, -0.1) is 0 Å².